The second-order valence-electron chi connectivity index (χ2n) is 3.83. The first-order valence-corrected chi connectivity index (χ1v) is 6.43. The van der Waals surface area contributed by atoms with Gasteiger partial charge in [-0.2, -0.15) is 0 Å². The van der Waals surface area contributed by atoms with E-state index in [1.54, 1.807) is 6.33 Å². The predicted molar refractivity (Wildman–Crippen MR) is 66.0 cm³/mol. The lowest BCUT2D eigenvalue weighted by atomic mass is 10.2. The number of anilines is 1. The fourth-order valence-electron chi connectivity index (χ4n) is 1.76. The molecular formula is C11H17N3OS. The van der Waals surface area contributed by atoms with Crippen molar-refractivity contribution in [3.63, 3.8) is 0 Å². The summed E-state index contributed by atoms with van der Waals surface area (Å²) in [6.45, 7) is 3.81. The monoisotopic (exact) mass is 239 g/mol. The minimum atomic E-state index is 0.632. The zero-order valence-electron chi connectivity index (χ0n) is 9.69. The smallest absolute Gasteiger partial charge is 0.133 e. The Hall–Kier alpha value is -0.810. The van der Waals surface area contributed by atoms with Gasteiger partial charge in [0.25, 0.3) is 0 Å². The van der Waals surface area contributed by atoms with Gasteiger partial charge in [0.1, 0.15) is 17.2 Å². The maximum Gasteiger partial charge on any atom is 0.133 e. The molecule has 1 aliphatic heterocycles. The van der Waals surface area contributed by atoms with E-state index in [0.717, 1.165) is 42.5 Å². The third kappa shape index (κ3) is 2.65. The molecule has 1 N–H and O–H groups in total. The van der Waals surface area contributed by atoms with Crippen molar-refractivity contribution in [2.24, 2.45) is 0 Å². The SMILES string of the molecule is CNc1ncnc(SC2CCOCC2)c1C. The van der Waals surface area contributed by atoms with Gasteiger partial charge in [0.2, 0.25) is 0 Å². The molecule has 1 fully saturated rings. The lowest BCUT2D eigenvalue weighted by Gasteiger charge is -2.21. The summed E-state index contributed by atoms with van der Waals surface area (Å²) < 4.78 is 5.35. The lowest BCUT2D eigenvalue weighted by molar-refractivity contribution is 0.1000. The molecule has 1 aliphatic rings. The van der Waals surface area contributed by atoms with Gasteiger partial charge in [-0.05, 0) is 19.8 Å². The summed E-state index contributed by atoms with van der Waals surface area (Å²) in [5, 5.41) is 4.80. The molecule has 1 aromatic rings. The number of nitrogens with one attached hydrogen (secondary N) is 1. The van der Waals surface area contributed by atoms with Crippen molar-refractivity contribution in [2.45, 2.75) is 30.0 Å². The second-order valence-corrected chi connectivity index (χ2v) is 5.12. The Morgan fingerprint density at radius 3 is 2.81 bits per heavy atom. The zero-order valence-corrected chi connectivity index (χ0v) is 10.5. The molecule has 0 radical (unpaired) electrons. The molecule has 2 rings (SSSR count). The van der Waals surface area contributed by atoms with Crippen molar-refractivity contribution in [3.8, 4) is 0 Å². The van der Waals surface area contributed by atoms with E-state index in [4.69, 9.17) is 4.74 Å². The van der Waals surface area contributed by atoms with E-state index in [1.165, 1.54) is 0 Å². The normalized spacial score (nSPS) is 17.4. The predicted octanol–water partition coefficient (Wildman–Crippen LogP) is 2.10. The number of hydrogen-bond acceptors (Lipinski definition) is 5. The van der Waals surface area contributed by atoms with E-state index >= 15 is 0 Å². The van der Waals surface area contributed by atoms with Gasteiger partial charge >= 0.3 is 0 Å². The highest BCUT2D eigenvalue weighted by Gasteiger charge is 2.17. The van der Waals surface area contributed by atoms with Gasteiger partial charge in [-0.15, -0.1) is 11.8 Å². The molecule has 0 unspecified atom stereocenters. The first-order valence-electron chi connectivity index (χ1n) is 5.55. The van der Waals surface area contributed by atoms with Crippen LogP contribution in [-0.4, -0.2) is 35.5 Å². The maximum atomic E-state index is 5.35. The van der Waals surface area contributed by atoms with Crippen LogP contribution in [0.4, 0.5) is 5.82 Å². The van der Waals surface area contributed by atoms with E-state index < -0.39 is 0 Å². The van der Waals surface area contributed by atoms with Crippen LogP contribution in [0.15, 0.2) is 11.4 Å². The highest BCUT2D eigenvalue weighted by atomic mass is 32.2. The van der Waals surface area contributed by atoms with Gasteiger partial charge in [0.15, 0.2) is 0 Å². The van der Waals surface area contributed by atoms with Crippen LogP contribution in [0.5, 0.6) is 0 Å². The molecule has 0 spiro atoms. The summed E-state index contributed by atoms with van der Waals surface area (Å²) in [6, 6.07) is 0. The molecule has 4 nitrogen and oxygen atoms in total. The number of ether oxygens (including phenoxy) is 1. The molecule has 0 aliphatic carbocycles. The first kappa shape index (κ1) is 11.7. The largest absolute Gasteiger partial charge is 0.381 e. The third-order valence-electron chi connectivity index (χ3n) is 2.72. The molecule has 0 aromatic carbocycles. The molecule has 2 heterocycles. The highest BCUT2D eigenvalue weighted by molar-refractivity contribution is 7.99. The minimum Gasteiger partial charge on any atom is -0.381 e. The highest BCUT2D eigenvalue weighted by Crippen LogP contribution is 2.31. The molecular weight excluding hydrogens is 222 g/mol. The number of thioether (sulfide) groups is 1. The van der Waals surface area contributed by atoms with Crippen LogP contribution in [0.1, 0.15) is 18.4 Å². The van der Waals surface area contributed by atoms with Gasteiger partial charge in [0, 0.05) is 31.1 Å². The number of rotatable bonds is 3. The maximum absolute atomic E-state index is 5.35. The molecule has 16 heavy (non-hydrogen) atoms. The number of aromatic nitrogens is 2. The molecule has 1 aromatic heterocycles. The number of nitrogens with zero attached hydrogens (tertiary/aromatic N) is 2. The van der Waals surface area contributed by atoms with Crippen LogP contribution in [0.2, 0.25) is 0 Å². The third-order valence-corrected chi connectivity index (χ3v) is 4.16. The average Bonchev–Trinajstić information content (AvgIpc) is 2.33. The molecule has 1 saturated heterocycles. The minimum absolute atomic E-state index is 0.632. The van der Waals surface area contributed by atoms with E-state index in [-0.39, 0.29) is 0 Å². The molecule has 88 valence electrons. The summed E-state index contributed by atoms with van der Waals surface area (Å²) in [7, 11) is 1.89. The van der Waals surface area contributed by atoms with Gasteiger partial charge in [0.05, 0.1) is 0 Å². The van der Waals surface area contributed by atoms with Crippen LogP contribution in [0, 0.1) is 6.92 Å². The summed E-state index contributed by atoms with van der Waals surface area (Å²) in [4.78, 5) is 8.54. The van der Waals surface area contributed by atoms with E-state index in [2.05, 4.69) is 22.2 Å². The van der Waals surface area contributed by atoms with Gasteiger partial charge in [-0.1, -0.05) is 0 Å². The van der Waals surface area contributed by atoms with E-state index in [1.807, 2.05) is 18.8 Å². The quantitative estimate of drug-likeness (QED) is 0.818. The van der Waals surface area contributed by atoms with Gasteiger partial charge in [-0.25, -0.2) is 9.97 Å². The zero-order chi connectivity index (χ0) is 11.4. The molecule has 5 heteroatoms. The standard InChI is InChI=1S/C11H17N3OS/c1-8-10(12-2)13-7-14-11(8)16-9-3-5-15-6-4-9/h7,9H,3-6H2,1-2H3,(H,12,13,14). The van der Waals surface area contributed by atoms with Crippen molar-refractivity contribution in [1.82, 2.24) is 9.97 Å². The van der Waals surface area contributed by atoms with Gasteiger partial charge < -0.3 is 10.1 Å². The number of hydrogen-bond donors (Lipinski definition) is 1. The summed E-state index contributed by atoms with van der Waals surface area (Å²) in [5.74, 6) is 0.921. The molecule has 0 saturated carbocycles. The van der Waals surface area contributed by atoms with E-state index in [9.17, 15) is 0 Å². The van der Waals surface area contributed by atoms with Crippen LogP contribution in [0.3, 0.4) is 0 Å². The van der Waals surface area contributed by atoms with E-state index in [0.29, 0.717) is 5.25 Å². The first-order chi connectivity index (χ1) is 7.81. The summed E-state index contributed by atoms with van der Waals surface area (Å²) in [6.07, 6.45) is 3.85. The van der Waals surface area contributed by atoms with Crippen molar-refractivity contribution >= 4 is 17.6 Å². The molecule has 0 amide bonds. The van der Waals surface area contributed by atoms with Crippen LogP contribution in [-0.2, 0) is 4.74 Å². The Morgan fingerprint density at radius 2 is 2.12 bits per heavy atom. The van der Waals surface area contributed by atoms with Crippen molar-refractivity contribution < 1.29 is 4.74 Å². The van der Waals surface area contributed by atoms with Gasteiger partial charge in [-0.3, -0.25) is 0 Å². The van der Waals surface area contributed by atoms with Crippen LogP contribution < -0.4 is 5.32 Å². The van der Waals surface area contributed by atoms with Crippen LogP contribution >= 0.6 is 11.8 Å². The topological polar surface area (TPSA) is 47.0 Å². The van der Waals surface area contributed by atoms with Crippen molar-refractivity contribution in [3.05, 3.63) is 11.9 Å². The fourth-order valence-corrected chi connectivity index (χ4v) is 2.88. The lowest BCUT2D eigenvalue weighted by Crippen LogP contribution is -2.17. The van der Waals surface area contributed by atoms with Crippen molar-refractivity contribution in [2.75, 3.05) is 25.6 Å². The Labute approximate surface area is 100 Å². The Kier molecular flexibility index (Phi) is 4.01. The van der Waals surface area contributed by atoms with Crippen molar-refractivity contribution in [1.29, 1.82) is 0 Å². The second kappa shape index (κ2) is 5.50. The summed E-state index contributed by atoms with van der Waals surface area (Å²) in [5.41, 5.74) is 1.14. The average molecular weight is 239 g/mol. The Morgan fingerprint density at radius 1 is 1.38 bits per heavy atom. The molecule has 0 atom stereocenters. The Bertz CT molecular complexity index is 353. The summed E-state index contributed by atoms with van der Waals surface area (Å²) >= 11 is 1.85. The Balaban J connectivity index is 2.08. The molecule has 0 bridgehead atoms. The fraction of sp³-hybridized carbons (Fsp3) is 0.636. The van der Waals surface area contributed by atoms with Crippen LogP contribution in [0.25, 0.3) is 0 Å².